The molecular formula is C10H11ClN4OS. The van der Waals surface area contributed by atoms with Crippen molar-refractivity contribution in [1.29, 1.82) is 0 Å². The summed E-state index contributed by atoms with van der Waals surface area (Å²) in [5.41, 5.74) is 7.22. The average Bonchev–Trinajstić information content (AvgIpc) is 2.59. The number of nitrogen functional groups attached to an aromatic ring is 1. The fourth-order valence-corrected chi connectivity index (χ4v) is 2.42. The third kappa shape index (κ3) is 2.65. The Hall–Kier alpha value is -1.40. The van der Waals surface area contributed by atoms with E-state index < -0.39 is 0 Å². The average molecular weight is 271 g/mol. The number of nitrogens with zero attached hydrogens (tertiary/aromatic N) is 2. The zero-order chi connectivity index (χ0) is 12.4. The Balaban J connectivity index is 2.12. The largest absolute Gasteiger partial charge is 0.398 e. The smallest absolute Gasteiger partial charge is 0.343 e. The second-order valence-corrected chi connectivity index (χ2v) is 4.88. The Labute approximate surface area is 107 Å². The van der Waals surface area contributed by atoms with Gasteiger partial charge in [-0.25, -0.2) is 9.89 Å². The Morgan fingerprint density at radius 3 is 2.94 bits per heavy atom. The van der Waals surface area contributed by atoms with Gasteiger partial charge in [-0.05, 0) is 17.7 Å². The molecule has 0 radical (unpaired) electrons. The van der Waals surface area contributed by atoms with Gasteiger partial charge in [-0.15, -0.1) is 5.10 Å². The number of nitrogens with two attached hydrogens (primary N) is 1. The molecule has 1 aromatic heterocycles. The number of nitrogens with one attached hydrogen (secondary N) is 1. The lowest BCUT2D eigenvalue weighted by Crippen LogP contribution is -2.12. The van der Waals surface area contributed by atoms with E-state index in [-0.39, 0.29) is 5.69 Å². The van der Waals surface area contributed by atoms with Crippen LogP contribution < -0.4 is 11.4 Å². The van der Waals surface area contributed by atoms with Gasteiger partial charge in [0, 0.05) is 23.5 Å². The van der Waals surface area contributed by atoms with Crippen LogP contribution in [0.2, 0.25) is 5.02 Å². The first kappa shape index (κ1) is 12.1. The quantitative estimate of drug-likeness (QED) is 0.657. The predicted molar refractivity (Wildman–Crippen MR) is 69.3 cm³/mol. The molecule has 0 aliphatic rings. The van der Waals surface area contributed by atoms with Crippen LogP contribution in [0.4, 0.5) is 5.69 Å². The molecule has 1 heterocycles. The maximum Gasteiger partial charge on any atom is 0.343 e. The number of thioether (sulfide) groups is 1. The molecule has 0 saturated carbocycles. The molecular weight excluding hydrogens is 260 g/mol. The van der Waals surface area contributed by atoms with Crippen molar-refractivity contribution in [1.82, 2.24) is 14.8 Å². The molecule has 5 nitrogen and oxygen atoms in total. The second kappa shape index (κ2) is 4.85. The molecule has 0 fully saturated rings. The van der Waals surface area contributed by atoms with Gasteiger partial charge < -0.3 is 5.73 Å². The third-order valence-corrected chi connectivity index (χ3v) is 3.62. The molecule has 2 aromatic rings. The third-order valence-electron chi connectivity index (χ3n) is 2.30. The van der Waals surface area contributed by atoms with Crippen molar-refractivity contribution >= 4 is 29.1 Å². The number of H-pyrrole nitrogens is 1. The monoisotopic (exact) mass is 270 g/mol. The molecule has 0 unspecified atom stereocenters. The number of hydrogen-bond acceptors (Lipinski definition) is 4. The molecule has 0 spiro atoms. The van der Waals surface area contributed by atoms with Crippen LogP contribution in [0.25, 0.3) is 0 Å². The molecule has 17 heavy (non-hydrogen) atoms. The first-order valence-corrected chi connectivity index (χ1v) is 6.22. The first-order valence-electron chi connectivity index (χ1n) is 4.86. The molecule has 0 aliphatic heterocycles. The Morgan fingerprint density at radius 2 is 2.35 bits per heavy atom. The summed E-state index contributed by atoms with van der Waals surface area (Å²) in [4.78, 5) is 11.2. The summed E-state index contributed by atoms with van der Waals surface area (Å²) in [5, 5.41) is 7.52. The second-order valence-electron chi connectivity index (χ2n) is 3.50. The number of halogens is 1. The first-order chi connectivity index (χ1) is 8.08. The van der Waals surface area contributed by atoms with Gasteiger partial charge in [0.2, 0.25) is 0 Å². The highest BCUT2D eigenvalue weighted by Crippen LogP contribution is 2.25. The maximum absolute atomic E-state index is 11.2. The minimum atomic E-state index is -0.225. The van der Waals surface area contributed by atoms with Crippen LogP contribution >= 0.6 is 23.4 Å². The summed E-state index contributed by atoms with van der Waals surface area (Å²) in [6, 6.07) is 5.37. The molecule has 0 saturated heterocycles. The molecule has 1 aromatic carbocycles. The minimum Gasteiger partial charge on any atom is -0.398 e. The number of aromatic amines is 1. The summed E-state index contributed by atoms with van der Waals surface area (Å²) in [6.45, 7) is 0. The van der Waals surface area contributed by atoms with Gasteiger partial charge in [0.05, 0.1) is 0 Å². The lowest BCUT2D eigenvalue weighted by Gasteiger charge is -2.05. The van der Waals surface area contributed by atoms with E-state index in [9.17, 15) is 4.79 Å². The number of anilines is 1. The van der Waals surface area contributed by atoms with E-state index in [0.29, 0.717) is 21.6 Å². The fourth-order valence-electron chi connectivity index (χ4n) is 1.30. The molecule has 0 bridgehead atoms. The highest BCUT2D eigenvalue weighted by molar-refractivity contribution is 7.98. The van der Waals surface area contributed by atoms with Crippen molar-refractivity contribution in [2.75, 3.05) is 5.73 Å². The van der Waals surface area contributed by atoms with Crippen molar-refractivity contribution < 1.29 is 0 Å². The van der Waals surface area contributed by atoms with Gasteiger partial charge in [-0.3, -0.25) is 4.57 Å². The predicted octanol–water partition coefficient (Wildman–Crippen LogP) is 1.64. The van der Waals surface area contributed by atoms with Gasteiger partial charge in [0.15, 0.2) is 5.16 Å². The summed E-state index contributed by atoms with van der Waals surface area (Å²) in [7, 11) is 1.67. The Bertz CT molecular complexity index is 592. The van der Waals surface area contributed by atoms with Crippen LogP contribution in [0.1, 0.15) is 5.56 Å². The van der Waals surface area contributed by atoms with E-state index in [1.165, 1.54) is 16.3 Å². The van der Waals surface area contributed by atoms with Crippen molar-refractivity contribution in [2.24, 2.45) is 7.05 Å². The standard InChI is InChI=1S/C10H11ClN4OS/c1-15-9(16)13-14-10(15)17-5-6-2-3-7(11)4-8(6)12/h2-4H,5,12H2,1H3,(H,13,16). The topological polar surface area (TPSA) is 76.7 Å². The van der Waals surface area contributed by atoms with E-state index in [4.69, 9.17) is 17.3 Å². The number of aromatic nitrogens is 3. The van der Waals surface area contributed by atoms with Crippen LogP contribution in [-0.2, 0) is 12.8 Å². The highest BCUT2D eigenvalue weighted by atomic mass is 35.5. The number of hydrogen-bond donors (Lipinski definition) is 2. The number of benzene rings is 1. The number of rotatable bonds is 3. The van der Waals surface area contributed by atoms with Crippen LogP contribution in [0.15, 0.2) is 28.2 Å². The summed E-state index contributed by atoms with van der Waals surface area (Å²) >= 11 is 7.25. The lowest BCUT2D eigenvalue weighted by atomic mass is 10.2. The van der Waals surface area contributed by atoms with Crippen LogP contribution in [0.5, 0.6) is 0 Å². The fraction of sp³-hybridized carbons (Fsp3) is 0.200. The van der Waals surface area contributed by atoms with E-state index in [0.717, 1.165) is 5.56 Å². The van der Waals surface area contributed by atoms with Gasteiger partial charge in [-0.2, -0.15) is 0 Å². The maximum atomic E-state index is 11.2. The molecule has 0 amide bonds. The summed E-state index contributed by atoms with van der Waals surface area (Å²) in [6.07, 6.45) is 0. The van der Waals surface area contributed by atoms with E-state index in [1.807, 2.05) is 6.07 Å². The molecule has 0 atom stereocenters. The SMILES string of the molecule is Cn1c(SCc2ccc(Cl)cc2N)n[nH]c1=O. The van der Waals surface area contributed by atoms with Gasteiger partial charge in [0.25, 0.3) is 0 Å². The van der Waals surface area contributed by atoms with Crippen LogP contribution in [0, 0.1) is 0 Å². The van der Waals surface area contributed by atoms with Gasteiger partial charge in [-0.1, -0.05) is 29.4 Å². The zero-order valence-electron chi connectivity index (χ0n) is 9.11. The van der Waals surface area contributed by atoms with Crippen LogP contribution in [-0.4, -0.2) is 14.8 Å². The Morgan fingerprint density at radius 1 is 1.59 bits per heavy atom. The molecule has 90 valence electrons. The summed E-state index contributed by atoms with van der Waals surface area (Å²) in [5.74, 6) is 0.640. The molecule has 0 aliphatic carbocycles. The van der Waals surface area contributed by atoms with Crippen LogP contribution in [0.3, 0.4) is 0 Å². The Kier molecular flexibility index (Phi) is 3.44. The van der Waals surface area contributed by atoms with Gasteiger partial charge in [0.1, 0.15) is 0 Å². The summed E-state index contributed by atoms with van der Waals surface area (Å²) < 4.78 is 1.46. The zero-order valence-corrected chi connectivity index (χ0v) is 10.7. The lowest BCUT2D eigenvalue weighted by molar-refractivity contribution is 0.766. The molecule has 2 rings (SSSR count). The van der Waals surface area contributed by atoms with Crippen molar-refractivity contribution in [3.05, 3.63) is 39.3 Å². The highest BCUT2D eigenvalue weighted by Gasteiger charge is 2.06. The molecule has 3 N–H and O–H groups in total. The van der Waals surface area contributed by atoms with E-state index >= 15 is 0 Å². The van der Waals surface area contributed by atoms with Crippen molar-refractivity contribution in [3.8, 4) is 0 Å². The van der Waals surface area contributed by atoms with E-state index in [2.05, 4.69) is 10.2 Å². The minimum absolute atomic E-state index is 0.225. The molecule has 7 heteroatoms. The van der Waals surface area contributed by atoms with E-state index in [1.54, 1.807) is 19.2 Å². The normalized spacial score (nSPS) is 10.7. The van der Waals surface area contributed by atoms with Crippen molar-refractivity contribution in [2.45, 2.75) is 10.9 Å². The van der Waals surface area contributed by atoms with Gasteiger partial charge >= 0.3 is 5.69 Å². The van der Waals surface area contributed by atoms with Crippen molar-refractivity contribution in [3.63, 3.8) is 0 Å².